The summed E-state index contributed by atoms with van der Waals surface area (Å²) in [5, 5.41) is 15.2. The van der Waals surface area contributed by atoms with E-state index >= 15 is 0 Å². The molecule has 0 saturated heterocycles. The zero-order valence-corrected chi connectivity index (χ0v) is 13.2. The fourth-order valence-electron chi connectivity index (χ4n) is 2.09. The molecule has 0 aliphatic heterocycles. The molecule has 0 aliphatic carbocycles. The van der Waals surface area contributed by atoms with E-state index in [1.807, 2.05) is 35.7 Å². The number of nitrogens with one attached hydrogen (secondary N) is 1. The zero-order valence-electron chi connectivity index (χ0n) is 12.3. The van der Waals surface area contributed by atoms with Crippen LogP contribution in [0.15, 0.2) is 35.7 Å². The van der Waals surface area contributed by atoms with Crippen molar-refractivity contribution in [3.8, 4) is 11.5 Å². The molecule has 2 aromatic rings. The Morgan fingerprint density at radius 1 is 1.19 bits per heavy atom. The van der Waals surface area contributed by atoms with E-state index in [1.54, 1.807) is 25.6 Å². The van der Waals surface area contributed by atoms with Gasteiger partial charge in [0, 0.05) is 11.4 Å². The van der Waals surface area contributed by atoms with Gasteiger partial charge in [-0.05, 0) is 42.1 Å². The molecule has 1 aromatic carbocycles. The lowest BCUT2D eigenvalue weighted by Crippen LogP contribution is -2.23. The standard InChI is InChI=1S/C16H21NO3S/c1-19-14-6-5-12(10-15(14)20-2)7-8-17-11-13(18)16-4-3-9-21-16/h3-6,9-10,13,17-18H,7-8,11H2,1-2H3. The maximum absolute atomic E-state index is 9.97. The van der Waals surface area contributed by atoms with Gasteiger partial charge in [-0.15, -0.1) is 11.3 Å². The summed E-state index contributed by atoms with van der Waals surface area (Å²) in [5.74, 6) is 1.48. The third kappa shape index (κ3) is 4.46. The van der Waals surface area contributed by atoms with Gasteiger partial charge in [-0.1, -0.05) is 12.1 Å². The Kier molecular flexibility index (Phi) is 6.04. The smallest absolute Gasteiger partial charge is 0.160 e. The Balaban J connectivity index is 1.78. The van der Waals surface area contributed by atoms with Crippen LogP contribution in [0.5, 0.6) is 11.5 Å². The van der Waals surface area contributed by atoms with Gasteiger partial charge in [0.25, 0.3) is 0 Å². The zero-order chi connectivity index (χ0) is 15.1. The highest BCUT2D eigenvalue weighted by molar-refractivity contribution is 7.10. The Morgan fingerprint density at radius 3 is 2.67 bits per heavy atom. The summed E-state index contributed by atoms with van der Waals surface area (Å²) in [6, 6.07) is 9.82. The van der Waals surface area contributed by atoms with Crippen LogP contribution in [0.3, 0.4) is 0 Å². The number of benzene rings is 1. The summed E-state index contributed by atoms with van der Waals surface area (Å²) in [7, 11) is 3.27. The number of thiophene rings is 1. The summed E-state index contributed by atoms with van der Waals surface area (Å²) in [6.45, 7) is 1.37. The first-order valence-electron chi connectivity index (χ1n) is 6.87. The second-order valence-electron chi connectivity index (χ2n) is 4.67. The number of ether oxygens (including phenoxy) is 2. The van der Waals surface area contributed by atoms with Crippen molar-refractivity contribution in [1.82, 2.24) is 5.32 Å². The molecule has 1 unspecified atom stereocenters. The number of hydrogen-bond acceptors (Lipinski definition) is 5. The first kappa shape index (κ1) is 15.8. The lowest BCUT2D eigenvalue weighted by atomic mass is 10.1. The van der Waals surface area contributed by atoms with Crippen molar-refractivity contribution in [2.24, 2.45) is 0 Å². The molecule has 0 fully saturated rings. The van der Waals surface area contributed by atoms with Crippen molar-refractivity contribution >= 4 is 11.3 Å². The molecule has 1 heterocycles. The van der Waals surface area contributed by atoms with Gasteiger partial charge in [-0.25, -0.2) is 0 Å². The molecule has 4 nitrogen and oxygen atoms in total. The monoisotopic (exact) mass is 307 g/mol. The van der Waals surface area contributed by atoms with Gasteiger partial charge in [-0.3, -0.25) is 0 Å². The Labute approximate surface area is 129 Å². The minimum Gasteiger partial charge on any atom is -0.493 e. The lowest BCUT2D eigenvalue weighted by Gasteiger charge is -2.11. The molecule has 0 bridgehead atoms. The van der Waals surface area contributed by atoms with Gasteiger partial charge < -0.3 is 19.9 Å². The molecular weight excluding hydrogens is 286 g/mol. The molecule has 2 rings (SSSR count). The highest BCUT2D eigenvalue weighted by Gasteiger charge is 2.08. The quantitative estimate of drug-likeness (QED) is 0.736. The molecular formula is C16H21NO3S. The number of aliphatic hydroxyl groups is 1. The van der Waals surface area contributed by atoms with Crippen LogP contribution < -0.4 is 14.8 Å². The predicted octanol–water partition coefficient (Wildman–Crippen LogP) is 2.63. The molecule has 0 aliphatic rings. The van der Waals surface area contributed by atoms with Crippen LogP contribution in [0.1, 0.15) is 16.5 Å². The van der Waals surface area contributed by atoms with E-state index in [0.29, 0.717) is 6.54 Å². The van der Waals surface area contributed by atoms with Crippen LogP contribution in [0.4, 0.5) is 0 Å². The molecule has 1 aromatic heterocycles. The minimum absolute atomic E-state index is 0.435. The molecule has 0 spiro atoms. The van der Waals surface area contributed by atoms with Crippen molar-refractivity contribution in [2.75, 3.05) is 27.3 Å². The number of aliphatic hydroxyl groups excluding tert-OH is 1. The van der Waals surface area contributed by atoms with Crippen molar-refractivity contribution in [3.63, 3.8) is 0 Å². The van der Waals surface area contributed by atoms with E-state index in [0.717, 1.165) is 29.3 Å². The van der Waals surface area contributed by atoms with Gasteiger partial charge in [0.1, 0.15) is 6.10 Å². The molecule has 0 saturated carbocycles. The molecule has 0 radical (unpaired) electrons. The average Bonchev–Trinajstić information content (AvgIpc) is 3.05. The summed E-state index contributed by atoms with van der Waals surface area (Å²) in [6.07, 6.45) is 0.438. The van der Waals surface area contributed by atoms with Crippen molar-refractivity contribution in [3.05, 3.63) is 46.2 Å². The molecule has 21 heavy (non-hydrogen) atoms. The van der Waals surface area contributed by atoms with Crippen molar-refractivity contribution in [1.29, 1.82) is 0 Å². The summed E-state index contributed by atoms with van der Waals surface area (Å²) >= 11 is 1.57. The topological polar surface area (TPSA) is 50.7 Å². The van der Waals surface area contributed by atoms with Gasteiger partial charge in [0.05, 0.1) is 14.2 Å². The number of hydrogen-bond donors (Lipinski definition) is 2. The highest BCUT2D eigenvalue weighted by atomic mass is 32.1. The second-order valence-corrected chi connectivity index (χ2v) is 5.65. The average molecular weight is 307 g/mol. The number of methoxy groups -OCH3 is 2. The van der Waals surface area contributed by atoms with E-state index in [2.05, 4.69) is 5.32 Å². The summed E-state index contributed by atoms with van der Waals surface area (Å²) < 4.78 is 10.5. The molecule has 114 valence electrons. The normalized spacial score (nSPS) is 12.1. The molecule has 1 atom stereocenters. The van der Waals surface area contributed by atoms with E-state index < -0.39 is 6.10 Å². The highest BCUT2D eigenvalue weighted by Crippen LogP contribution is 2.27. The Morgan fingerprint density at radius 2 is 2.00 bits per heavy atom. The first-order chi connectivity index (χ1) is 10.2. The third-order valence-corrected chi connectivity index (χ3v) is 4.22. The Bertz CT molecular complexity index is 542. The van der Waals surface area contributed by atoms with Crippen LogP contribution in [-0.2, 0) is 6.42 Å². The summed E-state index contributed by atoms with van der Waals surface area (Å²) in [5.41, 5.74) is 1.17. The lowest BCUT2D eigenvalue weighted by molar-refractivity contribution is 0.179. The van der Waals surface area contributed by atoms with Crippen LogP contribution in [0, 0.1) is 0 Å². The van der Waals surface area contributed by atoms with E-state index in [9.17, 15) is 5.11 Å². The van der Waals surface area contributed by atoms with Gasteiger partial charge >= 0.3 is 0 Å². The fraction of sp³-hybridized carbons (Fsp3) is 0.375. The van der Waals surface area contributed by atoms with E-state index in [-0.39, 0.29) is 0 Å². The molecule has 5 heteroatoms. The molecule has 0 amide bonds. The summed E-state index contributed by atoms with van der Waals surface area (Å²) in [4.78, 5) is 0.994. The molecule has 2 N–H and O–H groups in total. The fourth-order valence-corrected chi connectivity index (χ4v) is 2.80. The second kappa shape index (κ2) is 8.02. The maximum Gasteiger partial charge on any atom is 0.160 e. The third-order valence-electron chi connectivity index (χ3n) is 3.25. The largest absolute Gasteiger partial charge is 0.493 e. The van der Waals surface area contributed by atoms with Crippen LogP contribution in [0.2, 0.25) is 0 Å². The van der Waals surface area contributed by atoms with Crippen molar-refractivity contribution in [2.45, 2.75) is 12.5 Å². The van der Waals surface area contributed by atoms with E-state index in [1.165, 1.54) is 5.56 Å². The van der Waals surface area contributed by atoms with Crippen LogP contribution >= 0.6 is 11.3 Å². The maximum atomic E-state index is 9.97. The van der Waals surface area contributed by atoms with Gasteiger partial charge in [-0.2, -0.15) is 0 Å². The Hall–Kier alpha value is -1.56. The van der Waals surface area contributed by atoms with Crippen LogP contribution in [-0.4, -0.2) is 32.4 Å². The predicted molar refractivity (Wildman–Crippen MR) is 85.4 cm³/mol. The number of rotatable bonds is 8. The van der Waals surface area contributed by atoms with Crippen molar-refractivity contribution < 1.29 is 14.6 Å². The minimum atomic E-state index is -0.435. The van der Waals surface area contributed by atoms with Crippen LogP contribution in [0.25, 0.3) is 0 Å². The van der Waals surface area contributed by atoms with Gasteiger partial charge in [0.15, 0.2) is 11.5 Å². The van der Waals surface area contributed by atoms with E-state index in [4.69, 9.17) is 9.47 Å². The SMILES string of the molecule is COc1ccc(CCNCC(O)c2cccs2)cc1OC. The van der Waals surface area contributed by atoms with Gasteiger partial charge in [0.2, 0.25) is 0 Å². The first-order valence-corrected chi connectivity index (χ1v) is 7.75.